The number of carbonyl (C=O) groups is 2. The quantitative estimate of drug-likeness (QED) is 0.464. The van der Waals surface area contributed by atoms with Crippen molar-refractivity contribution in [3.05, 3.63) is 64.9 Å². The number of thiazole rings is 1. The number of sulfone groups is 1. The van der Waals surface area contributed by atoms with E-state index in [0.29, 0.717) is 16.9 Å². The number of anilines is 2. The Morgan fingerprint density at radius 2 is 1.82 bits per heavy atom. The summed E-state index contributed by atoms with van der Waals surface area (Å²) in [5.41, 5.74) is 2.24. The summed E-state index contributed by atoms with van der Waals surface area (Å²) in [6.07, 6.45) is 6.69. The predicted molar refractivity (Wildman–Crippen MR) is 127 cm³/mol. The van der Waals surface area contributed by atoms with Crippen LogP contribution in [0.25, 0.3) is 0 Å². The summed E-state index contributed by atoms with van der Waals surface area (Å²) >= 11 is 1.13. The molecule has 2 amide bonds. The Labute approximate surface area is 196 Å². The molecule has 0 spiro atoms. The summed E-state index contributed by atoms with van der Waals surface area (Å²) in [7, 11) is -3.57. The fourth-order valence-corrected chi connectivity index (χ4v) is 5.93. The molecular formula is C23H24N4O4S2. The van der Waals surface area contributed by atoms with Gasteiger partial charge in [0.25, 0.3) is 0 Å². The number of benzene rings is 1. The maximum Gasteiger partial charge on any atom is 0.325 e. The van der Waals surface area contributed by atoms with Crippen LogP contribution in [0.5, 0.6) is 0 Å². The topological polar surface area (TPSA) is 118 Å². The van der Waals surface area contributed by atoms with Crippen molar-refractivity contribution >= 4 is 43.8 Å². The molecule has 2 heterocycles. The Morgan fingerprint density at radius 1 is 1.09 bits per heavy atom. The number of nitrogens with one attached hydrogen (secondary N) is 2. The number of urea groups is 1. The van der Waals surface area contributed by atoms with E-state index in [0.717, 1.165) is 42.6 Å². The van der Waals surface area contributed by atoms with Gasteiger partial charge in [0, 0.05) is 29.3 Å². The Balaban J connectivity index is 1.43. The number of nitrogens with zero attached hydrogens (tertiary/aromatic N) is 2. The number of rotatable bonds is 7. The molecule has 0 aliphatic heterocycles. The van der Waals surface area contributed by atoms with Gasteiger partial charge in [0.15, 0.2) is 20.8 Å². The molecule has 1 aliphatic carbocycles. The van der Waals surface area contributed by atoms with Gasteiger partial charge in [0.1, 0.15) is 0 Å². The van der Waals surface area contributed by atoms with Gasteiger partial charge in [0.2, 0.25) is 0 Å². The first-order valence-electron chi connectivity index (χ1n) is 10.6. The second-order valence-corrected chi connectivity index (χ2v) is 10.9. The summed E-state index contributed by atoms with van der Waals surface area (Å²) in [5.74, 6) is -0.224. The first-order valence-corrected chi connectivity index (χ1v) is 13.1. The van der Waals surface area contributed by atoms with Gasteiger partial charge >= 0.3 is 6.03 Å². The van der Waals surface area contributed by atoms with E-state index in [1.54, 1.807) is 11.4 Å². The number of hydrogen-bond acceptors (Lipinski definition) is 7. The molecular weight excluding hydrogens is 460 g/mol. The molecule has 33 heavy (non-hydrogen) atoms. The van der Waals surface area contributed by atoms with Crippen LogP contribution in [-0.2, 0) is 15.6 Å². The standard InChI is InChI=1S/C23H24N4O4S2/c1-15-6-7-20(19(12-15)21(28)16-4-2-3-5-16)26-22(29)27-23-25-17(13-32-23)14-33(30,31)18-8-10-24-11-9-18/h6-13,16H,2-5,14H2,1H3,(H2,25,26,27,29). The lowest BCUT2D eigenvalue weighted by atomic mass is 9.94. The first-order chi connectivity index (χ1) is 15.8. The Morgan fingerprint density at radius 3 is 2.55 bits per heavy atom. The van der Waals surface area contributed by atoms with Gasteiger partial charge in [-0.1, -0.05) is 24.5 Å². The van der Waals surface area contributed by atoms with Crippen LogP contribution >= 0.6 is 11.3 Å². The molecule has 1 fully saturated rings. The van der Waals surface area contributed by atoms with Crippen LogP contribution in [0.1, 0.15) is 47.3 Å². The molecule has 3 aromatic rings. The van der Waals surface area contributed by atoms with Gasteiger partial charge in [-0.05, 0) is 44.0 Å². The lowest BCUT2D eigenvalue weighted by Crippen LogP contribution is -2.22. The van der Waals surface area contributed by atoms with Crippen LogP contribution < -0.4 is 10.6 Å². The molecule has 8 nitrogen and oxygen atoms in total. The van der Waals surface area contributed by atoms with E-state index in [4.69, 9.17) is 0 Å². The minimum Gasteiger partial charge on any atom is -0.307 e. The Kier molecular flexibility index (Phi) is 6.85. The predicted octanol–water partition coefficient (Wildman–Crippen LogP) is 4.84. The molecule has 1 aromatic carbocycles. The molecule has 4 rings (SSSR count). The fourth-order valence-electron chi connectivity index (χ4n) is 3.88. The maximum atomic E-state index is 13.0. The zero-order valence-electron chi connectivity index (χ0n) is 18.1. The Bertz CT molecular complexity index is 1270. The van der Waals surface area contributed by atoms with E-state index in [-0.39, 0.29) is 27.5 Å². The summed E-state index contributed by atoms with van der Waals surface area (Å²) in [6.45, 7) is 1.91. The average Bonchev–Trinajstić information content (AvgIpc) is 3.47. The molecule has 10 heteroatoms. The van der Waals surface area contributed by atoms with Gasteiger partial charge in [-0.2, -0.15) is 0 Å². The van der Waals surface area contributed by atoms with E-state index in [1.165, 1.54) is 24.5 Å². The van der Waals surface area contributed by atoms with Crippen molar-refractivity contribution in [2.24, 2.45) is 5.92 Å². The van der Waals surface area contributed by atoms with E-state index < -0.39 is 15.9 Å². The fraction of sp³-hybridized carbons (Fsp3) is 0.304. The second-order valence-electron chi connectivity index (χ2n) is 8.06. The third-order valence-electron chi connectivity index (χ3n) is 5.53. The molecule has 0 unspecified atom stereocenters. The van der Waals surface area contributed by atoms with Crippen molar-refractivity contribution in [2.45, 2.75) is 43.3 Å². The van der Waals surface area contributed by atoms with Gasteiger partial charge in [-0.15, -0.1) is 11.3 Å². The number of ketones is 1. The summed E-state index contributed by atoms with van der Waals surface area (Å²) in [5, 5.41) is 7.23. The largest absolute Gasteiger partial charge is 0.325 e. The van der Waals surface area contributed by atoms with Gasteiger partial charge in [-0.25, -0.2) is 18.2 Å². The number of aryl methyl sites for hydroxylation is 1. The van der Waals surface area contributed by atoms with Crippen molar-refractivity contribution in [1.29, 1.82) is 0 Å². The summed E-state index contributed by atoms with van der Waals surface area (Å²) in [6, 6.07) is 7.69. The number of hydrogen-bond donors (Lipinski definition) is 2. The minimum atomic E-state index is -3.57. The van der Waals surface area contributed by atoms with Gasteiger partial charge < -0.3 is 5.32 Å². The van der Waals surface area contributed by atoms with Crippen molar-refractivity contribution in [3.63, 3.8) is 0 Å². The van der Waals surface area contributed by atoms with Crippen LogP contribution in [0.3, 0.4) is 0 Å². The van der Waals surface area contributed by atoms with E-state index >= 15 is 0 Å². The van der Waals surface area contributed by atoms with E-state index in [2.05, 4.69) is 20.6 Å². The number of amides is 2. The first kappa shape index (κ1) is 23.1. The number of pyridine rings is 1. The highest BCUT2D eigenvalue weighted by atomic mass is 32.2. The van der Waals surface area contributed by atoms with Gasteiger partial charge in [-0.3, -0.25) is 15.1 Å². The van der Waals surface area contributed by atoms with E-state index in [1.807, 2.05) is 19.1 Å². The molecule has 1 saturated carbocycles. The van der Waals surface area contributed by atoms with E-state index in [9.17, 15) is 18.0 Å². The smallest absolute Gasteiger partial charge is 0.307 e. The van der Waals surface area contributed by atoms with Crippen LogP contribution in [0.15, 0.2) is 53.0 Å². The SMILES string of the molecule is Cc1ccc(NC(=O)Nc2nc(CS(=O)(=O)c3ccncc3)cs2)c(C(=O)C2CCCC2)c1. The summed E-state index contributed by atoms with van der Waals surface area (Å²) in [4.78, 5) is 33.8. The third-order valence-corrected chi connectivity index (χ3v) is 8.01. The average molecular weight is 485 g/mol. The highest BCUT2D eigenvalue weighted by Gasteiger charge is 2.26. The molecule has 0 radical (unpaired) electrons. The normalized spacial score (nSPS) is 14.2. The monoisotopic (exact) mass is 484 g/mol. The molecule has 0 saturated heterocycles. The highest BCUT2D eigenvalue weighted by molar-refractivity contribution is 7.90. The Hall–Kier alpha value is -3.11. The lowest BCUT2D eigenvalue weighted by molar-refractivity contribution is 0.0923. The van der Waals surface area contributed by atoms with Crippen LogP contribution in [-0.4, -0.2) is 30.2 Å². The number of aromatic nitrogens is 2. The molecule has 0 bridgehead atoms. The van der Waals surface area contributed by atoms with Crippen molar-refractivity contribution in [3.8, 4) is 0 Å². The summed E-state index contributed by atoms with van der Waals surface area (Å²) < 4.78 is 25.0. The molecule has 1 aliphatic rings. The van der Waals surface area contributed by atoms with Crippen molar-refractivity contribution in [1.82, 2.24) is 9.97 Å². The number of carbonyl (C=O) groups excluding carboxylic acids is 2. The van der Waals surface area contributed by atoms with Crippen LogP contribution in [0.2, 0.25) is 0 Å². The molecule has 2 aromatic heterocycles. The van der Waals surface area contributed by atoms with Crippen LogP contribution in [0.4, 0.5) is 15.6 Å². The maximum absolute atomic E-state index is 13.0. The highest BCUT2D eigenvalue weighted by Crippen LogP contribution is 2.31. The zero-order chi connectivity index (χ0) is 23.4. The zero-order valence-corrected chi connectivity index (χ0v) is 19.7. The van der Waals surface area contributed by atoms with Crippen molar-refractivity contribution < 1.29 is 18.0 Å². The molecule has 2 N–H and O–H groups in total. The minimum absolute atomic E-state index is 0.000670. The third kappa shape index (κ3) is 5.63. The second kappa shape index (κ2) is 9.80. The lowest BCUT2D eigenvalue weighted by Gasteiger charge is -2.14. The van der Waals surface area contributed by atoms with Crippen molar-refractivity contribution in [2.75, 3.05) is 10.6 Å². The molecule has 172 valence electrons. The number of Topliss-reactive ketones (excluding diaryl/α,β-unsaturated/α-hetero) is 1. The van der Waals surface area contributed by atoms with Gasteiger partial charge in [0.05, 0.1) is 22.0 Å². The molecule has 0 atom stereocenters. The van der Waals surface area contributed by atoms with Crippen LogP contribution in [0, 0.1) is 12.8 Å².